The summed E-state index contributed by atoms with van der Waals surface area (Å²) in [6, 6.07) is -0.777. The number of thiocarbonyl (C=S) groups is 1. The van der Waals surface area contributed by atoms with Gasteiger partial charge in [-0.15, -0.1) is 0 Å². The number of hydrazine groups is 1. The van der Waals surface area contributed by atoms with Crippen LogP contribution in [0.2, 0.25) is 0 Å². The van der Waals surface area contributed by atoms with Crippen LogP contribution < -0.4 is 11.2 Å². The first-order valence-corrected chi connectivity index (χ1v) is 3.59. The van der Waals surface area contributed by atoms with E-state index in [9.17, 15) is 9.59 Å². The average Bonchev–Trinajstić information content (AvgIpc) is 1.94. The van der Waals surface area contributed by atoms with Crippen LogP contribution in [0.5, 0.6) is 0 Å². The highest BCUT2D eigenvalue weighted by Gasteiger charge is 2.17. The number of amides is 3. The number of urea groups is 1. The molecule has 0 saturated carbocycles. The van der Waals surface area contributed by atoms with Crippen molar-refractivity contribution in [2.75, 3.05) is 0 Å². The second-order valence-electron chi connectivity index (χ2n) is 2.20. The number of rotatable bonds is 1. The molecule has 1 rings (SSSR count). The standard InChI is InChI=1S/C6H7N3O2S/c7-6(11)8-9-2-1-4(12)3-5(9)10/h1-2H,3H2,(H3,7,8,11). The Morgan fingerprint density at radius 1 is 1.75 bits per heavy atom. The molecule has 1 heterocycles. The van der Waals surface area contributed by atoms with Gasteiger partial charge in [0.15, 0.2) is 0 Å². The molecule has 1 aliphatic rings. The van der Waals surface area contributed by atoms with Gasteiger partial charge in [-0.2, -0.15) is 0 Å². The van der Waals surface area contributed by atoms with Crippen molar-refractivity contribution in [2.24, 2.45) is 5.73 Å². The van der Waals surface area contributed by atoms with Gasteiger partial charge in [0.25, 0.3) is 0 Å². The number of carbonyl (C=O) groups excluding carboxylic acids is 2. The van der Waals surface area contributed by atoms with E-state index >= 15 is 0 Å². The second kappa shape index (κ2) is 3.31. The number of allylic oxidation sites excluding steroid dienone is 1. The van der Waals surface area contributed by atoms with Crippen LogP contribution in [0.3, 0.4) is 0 Å². The number of carbonyl (C=O) groups is 2. The summed E-state index contributed by atoms with van der Waals surface area (Å²) in [5.41, 5.74) is 6.94. The fraction of sp³-hybridized carbons (Fsp3) is 0.167. The number of hydrogen-bond acceptors (Lipinski definition) is 3. The molecule has 3 amide bonds. The molecular formula is C6H7N3O2S. The van der Waals surface area contributed by atoms with Gasteiger partial charge in [0.2, 0.25) is 5.91 Å². The van der Waals surface area contributed by atoms with E-state index in [1.165, 1.54) is 6.20 Å². The van der Waals surface area contributed by atoms with E-state index < -0.39 is 6.03 Å². The minimum absolute atomic E-state index is 0.131. The molecule has 0 spiro atoms. The van der Waals surface area contributed by atoms with Crippen LogP contribution >= 0.6 is 12.2 Å². The van der Waals surface area contributed by atoms with Gasteiger partial charge in [0.05, 0.1) is 6.42 Å². The summed E-state index contributed by atoms with van der Waals surface area (Å²) in [6.45, 7) is 0. The molecule has 0 unspecified atom stereocenters. The fourth-order valence-corrected chi connectivity index (χ4v) is 0.937. The minimum Gasteiger partial charge on any atom is -0.350 e. The molecule has 1 aliphatic heterocycles. The van der Waals surface area contributed by atoms with E-state index in [0.717, 1.165) is 5.01 Å². The van der Waals surface area contributed by atoms with Crippen LogP contribution in [-0.4, -0.2) is 21.8 Å². The molecule has 0 radical (unpaired) electrons. The molecule has 0 aliphatic carbocycles. The van der Waals surface area contributed by atoms with Gasteiger partial charge in [-0.3, -0.25) is 4.79 Å². The third kappa shape index (κ3) is 2.03. The van der Waals surface area contributed by atoms with Crippen molar-refractivity contribution >= 4 is 29.0 Å². The van der Waals surface area contributed by atoms with Crippen molar-refractivity contribution in [3.63, 3.8) is 0 Å². The Morgan fingerprint density at radius 3 is 2.92 bits per heavy atom. The van der Waals surface area contributed by atoms with Crippen LogP contribution in [0, 0.1) is 0 Å². The summed E-state index contributed by atoms with van der Waals surface area (Å²) in [5, 5.41) is 1.01. The lowest BCUT2D eigenvalue weighted by Gasteiger charge is -2.20. The zero-order valence-corrected chi connectivity index (χ0v) is 6.93. The Bertz CT molecular complexity index is 274. The van der Waals surface area contributed by atoms with Crippen molar-refractivity contribution in [1.29, 1.82) is 0 Å². The van der Waals surface area contributed by atoms with Crippen LogP contribution in [-0.2, 0) is 4.79 Å². The largest absolute Gasteiger partial charge is 0.350 e. The van der Waals surface area contributed by atoms with Crippen LogP contribution in [0.25, 0.3) is 0 Å². The Hall–Kier alpha value is -1.43. The number of nitrogens with zero attached hydrogens (tertiary/aromatic N) is 1. The summed E-state index contributed by atoms with van der Waals surface area (Å²) in [6.07, 6.45) is 3.07. The molecule has 0 aromatic carbocycles. The van der Waals surface area contributed by atoms with Crippen molar-refractivity contribution < 1.29 is 9.59 Å². The van der Waals surface area contributed by atoms with Gasteiger partial charge in [-0.05, 0) is 6.08 Å². The summed E-state index contributed by atoms with van der Waals surface area (Å²) >= 11 is 4.77. The molecule has 3 N–H and O–H groups in total. The van der Waals surface area contributed by atoms with E-state index in [1.807, 2.05) is 0 Å². The smallest absolute Gasteiger partial charge is 0.331 e. The average molecular weight is 185 g/mol. The first-order valence-electron chi connectivity index (χ1n) is 3.19. The van der Waals surface area contributed by atoms with Gasteiger partial charge in [-0.1, -0.05) is 12.2 Å². The maximum atomic E-state index is 11.1. The summed E-state index contributed by atoms with van der Waals surface area (Å²) in [4.78, 5) is 21.9. The number of nitrogens with one attached hydrogen (secondary N) is 1. The first-order chi connectivity index (χ1) is 5.59. The highest BCUT2D eigenvalue weighted by atomic mass is 32.1. The molecular weight excluding hydrogens is 178 g/mol. The van der Waals surface area contributed by atoms with Gasteiger partial charge >= 0.3 is 6.03 Å². The maximum Gasteiger partial charge on any atom is 0.331 e. The van der Waals surface area contributed by atoms with Crippen molar-refractivity contribution in [3.8, 4) is 0 Å². The Morgan fingerprint density at radius 2 is 2.42 bits per heavy atom. The van der Waals surface area contributed by atoms with Crippen molar-refractivity contribution in [3.05, 3.63) is 12.3 Å². The van der Waals surface area contributed by atoms with Crippen molar-refractivity contribution in [1.82, 2.24) is 10.4 Å². The second-order valence-corrected chi connectivity index (χ2v) is 2.72. The fourth-order valence-electron chi connectivity index (χ4n) is 0.752. The molecule has 0 fully saturated rings. The third-order valence-corrected chi connectivity index (χ3v) is 1.51. The summed E-state index contributed by atoms with van der Waals surface area (Å²) in [5.74, 6) is -0.290. The third-order valence-electron chi connectivity index (χ3n) is 1.23. The molecule has 5 nitrogen and oxygen atoms in total. The molecule has 0 atom stereocenters. The lowest BCUT2D eigenvalue weighted by atomic mass is 10.2. The number of hydrogen-bond donors (Lipinski definition) is 2. The highest BCUT2D eigenvalue weighted by molar-refractivity contribution is 7.80. The quantitative estimate of drug-likeness (QED) is 0.550. The highest BCUT2D eigenvalue weighted by Crippen LogP contribution is 2.02. The van der Waals surface area contributed by atoms with E-state index in [2.05, 4.69) is 5.43 Å². The zero-order valence-electron chi connectivity index (χ0n) is 6.11. The number of primary amides is 1. The molecule has 0 saturated heterocycles. The Kier molecular flexibility index (Phi) is 2.39. The SMILES string of the molecule is NC(=O)NN1C=CC(=S)CC1=O. The lowest BCUT2D eigenvalue weighted by molar-refractivity contribution is -0.129. The minimum atomic E-state index is -0.777. The van der Waals surface area contributed by atoms with Crippen LogP contribution in [0.1, 0.15) is 6.42 Å². The first kappa shape index (κ1) is 8.66. The van der Waals surface area contributed by atoms with E-state index in [0.29, 0.717) is 4.86 Å². The lowest BCUT2D eigenvalue weighted by Crippen LogP contribution is -2.46. The molecule has 64 valence electrons. The Labute approximate surface area is 74.2 Å². The Balaban J connectivity index is 2.66. The van der Waals surface area contributed by atoms with Crippen LogP contribution in [0.4, 0.5) is 4.79 Å². The molecule has 0 bridgehead atoms. The van der Waals surface area contributed by atoms with Gasteiger partial charge in [0.1, 0.15) is 0 Å². The van der Waals surface area contributed by atoms with Gasteiger partial charge in [0, 0.05) is 11.1 Å². The predicted molar refractivity (Wildman–Crippen MR) is 45.9 cm³/mol. The molecule has 0 aromatic heterocycles. The predicted octanol–water partition coefficient (Wildman–Crippen LogP) is -0.314. The monoisotopic (exact) mass is 185 g/mol. The van der Waals surface area contributed by atoms with Gasteiger partial charge < -0.3 is 5.73 Å². The van der Waals surface area contributed by atoms with Crippen LogP contribution in [0.15, 0.2) is 12.3 Å². The van der Waals surface area contributed by atoms with Crippen molar-refractivity contribution in [2.45, 2.75) is 6.42 Å². The molecule has 6 heteroatoms. The van der Waals surface area contributed by atoms with Gasteiger partial charge in [-0.25, -0.2) is 15.2 Å². The zero-order chi connectivity index (χ0) is 9.14. The summed E-state index contributed by atoms with van der Waals surface area (Å²) in [7, 11) is 0. The molecule has 12 heavy (non-hydrogen) atoms. The topological polar surface area (TPSA) is 75.4 Å². The number of nitrogens with two attached hydrogens (primary N) is 1. The van der Waals surface area contributed by atoms with E-state index in [4.69, 9.17) is 18.0 Å². The normalized spacial score (nSPS) is 16.5. The maximum absolute atomic E-state index is 11.1. The summed E-state index contributed by atoms with van der Waals surface area (Å²) < 4.78 is 0. The molecule has 0 aromatic rings. The van der Waals surface area contributed by atoms with E-state index in [1.54, 1.807) is 6.08 Å². The van der Waals surface area contributed by atoms with E-state index in [-0.39, 0.29) is 12.3 Å².